The van der Waals surface area contributed by atoms with Crippen LogP contribution in [0.4, 0.5) is 5.82 Å². The van der Waals surface area contributed by atoms with Crippen LogP contribution in [0.3, 0.4) is 0 Å². The molecule has 3 amide bonds. The van der Waals surface area contributed by atoms with Gasteiger partial charge in [-0.2, -0.15) is 5.10 Å². The van der Waals surface area contributed by atoms with E-state index >= 15 is 0 Å². The number of nitrogens with one attached hydrogen (secondary N) is 1. The molecular formula is C20H22N4O3. The Labute approximate surface area is 157 Å². The Morgan fingerprint density at radius 1 is 1.11 bits per heavy atom. The molecule has 27 heavy (non-hydrogen) atoms. The highest BCUT2D eigenvalue weighted by atomic mass is 16.2. The van der Waals surface area contributed by atoms with E-state index in [-0.39, 0.29) is 12.6 Å². The zero-order valence-corrected chi connectivity index (χ0v) is 15.3. The van der Waals surface area contributed by atoms with Crippen LogP contribution in [0, 0.1) is 6.92 Å². The quantitative estimate of drug-likeness (QED) is 0.843. The lowest BCUT2D eigenvalue weighted by molar-refractivity contribution is -0.116. The summed E-state index contributed by atoms with van der Waals surface area (Å²) in [6.07, 6.45) is 7.30. The molecular weight excluding hydrogens is 344 g/mol. The standard InChI is InChI=1S/C20H22N4O3/c1-13-7-8-15-16(11-13)20(27)23(19(15)26)12-18(25)22-17-9-10-21-24(17)14-5-3-2-4-6-14/h7-11,14H,2-6,12H2,1H3,(H,22,25). The lowest BCUT2D eigenvalue weighted by Crippen LogP contribution is -2.37. The molecule has 7 heteroatoms. The fourth-order valence-electron chi connectivity index (χ4n) is 3.90. The maximum absolute atomic E-state index is 12.5. The third kappa shape index (κ3) is 3.25. The number of amides is 3. The average Bonchev–Trinajstić information content (AvgIpc) is 3.21. The summed E-state index contributed by atoms with van der Waals surface area (Å²) in [5, 5.41) is 7.16. The number of anilines is 1. The molecule has 0 unspecified atom stereocenters. The first-order valence-corrected chi connectivity index (χ1v) is 9.35. The van der Waals surface area contributed by atoms with Crippen LogP contribution in [-0.2, 0) is 4.79 Å². The molecule has 0 radical (unpaired) electrons. The highest BCUT2D eigenvalue weighted by Crippen LogP contribution is 2.30. The van der Waals surface area contributed by atoms with Crippen molar-refractivity contribution in [1.82, 2.24) is 14.7 Å². The number of hydrogen-bond acceptors (Lipinski definition) is 4. The van der Waals surface area contributed by atoms with Crippen molar-refractivity contribution in [3.8, 4) is 0 Å². The number of rotatable bonds is 4. The van der Waals surface area contributed by atoms with Gasteiger partial charge in [-0.05, 0) is 31.9 Å². The van der Waals surface area contributed by atoms with Crippen molar-refractivity contribution in [2.24, 2.45) is 0 Å². The third-order valence-corrected chi connectivity index (χ3v) is 5.29. The van der Waals surface area contributed by atoms with Crippen molar-refractivity contribution in [2.45, 2.75) is 45.1 Å². The topological polar surface area (TPSA) is 84.3 Å². The van der Waals surface area contributed by atoms with E-state index in [1.807, 2.05) is 11.6 Å². The number of carbonyl (C=O) groups is 3. The van der Waals surface area contributed by atoms with Gasteiger partial charge < -0.3 is 5.32 Å². The molecule has 1 aromatic heterocycles. The first kappa shape index (κ1) is 17.5. The van der Waals surface area contributed by atoms with E-state index in [9.17, 15) is 14.4 Å². The summed E-state index contributed by atoms with van der Waals surface area (Å²) in [5.74, 6) is -0.640. The van der Waals surface area contributed by atoms with Crippen LogP contribution >= 0.6 is 0 Å². The Morgan fingerprint density at radius 3 is 2.63 bits per heavy atom. The summed E-state index contributed by atoms with van der Waals surface area (Å²) in [6, 6.07) is 7.15. The van der Waals surface area contributed by atoms with Crippen LogP contribution in [0.2, 0.25) is 0 Å². The molecule has 0 bridgehead atoms. The van der Waals surface area contributed by atoms with Gasteiger partial charge in [0.25, 0.3) is 11.8 Å². The van der Waals surface area contributed by atoms with E-state index in [2.05, 4.69) is 10.4 Å². The number of benzene rings is 1. The Kier molecular flexibility index (Phi) is 4.51. The zero-order chi connectivity index (χ0) is 19.0. The smallest absolute Gasteiger partial charge is 0.262 e. The highest BCUT2D eigenvalue weighted by Gasteiger charge is 2.36. The molecule has 0 saturated heterocycles. The van der Waals surface area contributed by atoms with Gasteiger partial charge in [0.1, 0.15) is 12.4 Å². The highest BCUT2D eigenvalue weighted by molar-refractivity contribution is 6.22. The van der Waals surface area contributed by atoms with Crippen LogP contribution in [0.15, 0.2) is 30.5 Å². The summed E-state index contributed by atoms with van der Waals surface area (Å²) < 4.78 is 1.85. The van der Waals surface area contributed by atoms with Crippen LogP contribution in [0.5, 0.6) is 0 Å². The number of fused-ring (bicyclic) bond motifs is 1. The van der Waals surface area contributed by atoms with Crippen molar-refractivity contribution in [1.29, 1.82) is 0 Å². The summed E-state index contributed by atoms with van der Waals surface area (Å²) in [6.45, 7) is 1.56. The fraction of sp³-hybridized carbons (Fsp3) is 0.400. The van der Waals surface area contributed by atoms with Crippen LogP contribution in [0.1, 0.15) is 64.4 Å². The van der Waals surface area contributed by atoms with Crippen molar-refractivity contribution in [3.63, 3.8) is 0 Å². The van der Waals surface area contributed by atoms with Gasteiger partial charge in [0.15, 0.2) is 0 Å². The molecule has 0 atom stereocenters. The summed E-state index contributed by atoms with van der Waals surface area (Å²) >= 11 is 0. The first-order valence-electron chi connectivity index (χ1n) is 9.35. The number of carbonyl (C=O) groups excluding carboxylic acids is 3. The fourth-order valence-corrected chi connectivity index (χ4v) is 3.90. The summed E-state index contributed by atoms with van der Waals surface area (Å²) in [4.78, 5) is 38.5. The van der Waals surface area contributed by atoms with Gasteiger partial charge in [0.05, 0.1) is 23.4 Å². The molecule has 140 valence electrons. The minimum Gasteiger partial charge on any atom is -0.309 e. The number of aryl methyl sites for hydroxylation is 1. The number of imide groups is 1. The van der Waals surface area contributed by atoms with Crippen molar-refractivity contribution < 1.29 is 14.4 Å². The SMILES string of the molecule is Cc1ccc2c(c1)C(=O)N(CC(=O)Nc1ccnn1C1CCCCC1)C2=O. The summed E-state index contributed by atoms with van der Waals surface area (Å²) in [5.41, 5.74) is 1.61. The number of aromatic nitrogens is 2. The van der Waals surface area contributed by atoms with Crippen molar-refractivity contribution in [2.75, 3.05) is 11.9 Å². The molecule has 0 spiro atoms. The van der Waals surface area contributed by atoms with Crippen LogP contribution in [-0.4, -0.2) is 38.9 Å². The number of hydrogen-bond donors (Lipinski definition) is 1. The molecule has 2 heterocycles. The maximum Gasteiger partial charge on any atom is 0.262 e. The number of nitrogens with zero attached hydrogens (tertiary/aromatic N) is 3. The van der Waals surface area contributed by atoms with Crippen molar-refractivity contribution in [3.05, 3.63) is 47.2 Å². The summed E-state index contributed by atoms with van der Waals surface area (Å²) in [7, 11) is 0. The lowest BCUT2D eigenvalue weighted by atomic mass is 9.96. The molecule has 1 saturated carbocycles. The Balaban J connectivity index is 1.46. The molecule has 1 aliphatic carbocycles. The Hall–Kier alpha value is -2.96. The minimum atomic E-state index is -0.425. The van der Waals surface area contributed by atoms with Gasteiger partial charge in [-0.3, -0.25) is 19.3 Å². The Morgan fingerprint density at radius 2 is 1.85 bits per heavy atom. The molecule has 4 rings (SSSR count). The molecule has 7 nitrogen and oxygen atoms in total. The van der Waals surface area contributed by atoms with E-state index in [1.54, 1.807) is 30.5 Å². The van der Waals surface area contributed by atoms with Gasteiger partial charge in [0, 0.05) is 6.07 Å². The Bertz CT molecular complexity index is 912. The van der Waals surface area contributed by atoms with Gasteiger partial charge >= 0.3 is 0 Å². The molecule has 2 aromatic rings. The van der Waals surface area contributed by atoms with Gasteiger partial charge in [-0.15, -0.1) is 0 Å². The normalized spacial score (nSPS) is 17.3. The van der Waals surface area contributed by atoms with E-state index in [4.69, 9.17) is 0 Å². The second-order valence-corrected chi connectivity index (χ2v) is 7.25. The average molecular weight is 366 g/mol. The van der Waals surface area contributed by atoms with E-state index in [1.165, 1.54) is 6.42 Å². The maximum atomic E-state index is 12.5. The predicted octanol–water partition coefficient (Wildman–Crippen LogP) is 2.93. The second kappa shape index (κ2) is 6.98. The van der Waals surface area contributed by atoms with Crippen LogP contribution in [0.25, 0.3) is 0 Å². The van der Waals surface area contributed by atoms with Gasteiger partial charge in [-0.1, -0.05) is 30.9 Å². The van der Waals surface area contributed by atoms with Gasteiger partial charge in [-0.25, -0.2) is 4.68 Å². The van der Waals surface area contributed by atoms with Crippen molar-refractivity contribution >= 4 is 23.5 Å². The lowest BCUT2D eigenvalue weighted by Gasteiger charge is -2.24. The molecule has 1 fully saturated rings. The second-order valence-electron chi connectivity index (χ2n) is 7.25. The molecule has 1 N–H and O–H groups in total. The van der Waals surface area contributed by atoms with E-state index in [0.29, 0.717) is 16.9 Å². The van der Waals surface area contributed by atoms with E-state index in [0.717, 1.165) is 36.1 Å². The molecule has 1 aliphatic heterocycles. The van der Waals surface area contributed by atoms with Crippen LogP contribution < -0.4 is 5.32 Å². The largest absolute Gasteiger partial charge is 0.309 e. The zero-order valence-electron chi connectivity index (χ0n) is 15.3. The van der Waals surface area contributed by atoms with Gasteiger partial charge in [0.2, 0.25) is 5.91 Å². The monoisotopic (exact) mass is 366 g/mol. The molecule has 1 aromatic carbocycles. The van der Waals surface area contributed by atoms with E-state index < -0.39 is 17.7 Å². The third-order valence-electron chi connectivity index (χ3n) is 5.29. The minimum absolute atomic E-state index is 0.284. The predicted molar refractivity (Wildman–Crippen MR) is 99.5 cm³/mol. The first-order chi connectivity index (χ1) is 13.0. The molecule has 2 aliphatic rings.